The van der Waals surface area contributed by atoms with Gasteiger partial charge in [0.25, 0.3) is 0 Å². The molecule has 0 bridgehead atoms. The Morgan fingerprint density at radius 2 is 2.21 bits per heavy atom. The van der Waals surface area contributed by atoms with Gasteiger partial charge < -0.3 is 9.53 Å². The van der Waals surface area contributed by atoms with Crippen molar-refractivity contribution in [2.75, 3.05) is 13.2 Å². The maximum Gasteiger partial charge on any atom is 0.407 e. The number of hydrogen-bond acceptors (Lipinski definition) is 4. The molecule has 0 aliphatic carbocycles. The van der Waals surface area contributed by atoms with E-state index in [0.29, 0.717) is 13.2 Å². The van der Waals surface area contributed by atoms with Crippen molar-refractivity contribution in [1.82, 2.24) is 9.88 Å². The maximum absolute atomic E-state index is 11.8. The normalized spacial score (nSPS) is 22.4. The van der Waals surface area contributed by atoms with Crippen LogP contribution in [0.15, 0.2) is 17.7 Å². The lowest BCUT2D eigenvalue weighted by Gasteiger charge is -2.41. The van der Waals surface area contributed by atoms with Gasteiger partial charge in [-0.1, -0.05) is 42.8 Å². The van der Waals surface area contributed by atoms with Crippen molar-refractivity contribution in [3.63, 3.8) is 0 Å². The third kappa shape index (κ3) is 4.28. The second kappa shape index (κ2) is 7.27. The van der Waals surface area contributed by atoms with Crippen LogP contribution in [0.3, 0.4) is 0 Å². The fourth-order valence-corrected chi connectivity index (χ4v) is 4.63. The van der Waals surface area contributed by atoms with Crippen molar-refractivity contribution in [1.29, 1.82) is 0 Å². The van der Waals surface area contributed by atoms with Crippen LogP contribution in [0.4, 0.5) is 4.79 Å². The molecule has 1 aliphatic rings. The molecule has 24 heavy (non-hydrogen) atoms. The van der Waals surface area contributed by atoms with Crippen LogP contribution in [0, 0.1) is 0 Å². The average molecular weight is 433 g/mol. The lowest BCUT2D eigenvalue weighted by Crippen LogP contribution is -2.51. The number of thiazole rings is 1. The largest absolute Gasteiger partial charge is 0.465 e. The summed E-state index contributed by atoms with van der Waals surface area (Å²) in [7, 11) is -1.96. The summed E-state index contributed by atoms with van der Waals surface area (Å²) in [4.78, 5) is 17.6. The number of alkyl halides is 1. The van der Waals surface area contributed by atoms with E-state index in [1.54, 1.807) is 6.20 Å². The number of carboxylic acid groups (broad SMARTS) is 1. The number of nitrogens with zero attached hydrogens (tertiary/aromatic N) is 2. The minimum atomic E-state index is -1.96. The van der Waals surface area contributed by atoms with Crippen molar-refractivity contribution in [2.45, 2.75) is 49.8 Å². The van der Waals surface area contributed by atoms with E-state index in [0.717, 1.165) is 10.6 Å². The van der Waals surface area contributed by atoms with Crippen LogP contribution in [-0.2, 0) is 4.43 Å². The highest BCUT2D eigenvalue weighted by atomic mass is 79.9. The first kappa shape index (κ1) is 19.6. The molecule has 134 valence electrons. The molecule has 0 spiro atoms. The molecule has 0 saturated carbocycles. The van der Waals surface area contributed by atoms with Gasteiger partial charge in [0.1, 0.15) is 5.01 Å². The molecular formula is C16H25BrN2O3SSi. The Hall–Kier alpha value is -0.703. The highest BCUT2D eigenvalue weighted by Gasteiger charge is 2.40. The second-order valence-electron chi connectivity index (χ2n) is 7.50. The van der Waals surface area contributed by atoms with Gasteiger partial charge in [-0.25, -0.2) is 9.78 Å². The van der Waals surface area contributed by atoms with Crippen LogP contribution in [0.2, 0.25) is 18.1 Å². The summed E-state index contributed by atoms with van der Waals surface area (Å²) >= 11 is 5.06. The van der Waals surface area contributed by atoms with Crippen LogP contribution < -0.4 is 0 Å². The third-order valence-corrected chi connectivity index (χ3v) is 10.7. The molecule has 0 radical (unpaired) electrons. The molecule has 1 N–H and O–H groups in total. The van der Waals surface area contributed by atoms with Crippen LogP contribution in [0.5, 0.6) is 0 Å². The average Bonchev–Trinajstić information content (AvgIpc) is 2.97. The molecule has 2 heterocycles. The number of aromatic nitrogens is 1. The molecule has 0 saturated heterocycles. The number of halogens is 1. The Bertz CT molecular complexity index is 613. The molecule has 1 unspecified atom stereocenters. The zero-order valence-corrected chi connectivity index (χ0v) is 18.1. The van der Waals surface area contributed by atoms with E-state index in [2.05, 4.69) is 60.9 Å². The minimum absolute atomic E-state index is 0.0170. The molecule has 1 aromatic rings. The van der Waals surface area contributed by atoms with Gasteiger partial charge in [0.15, 0.2) is 8.32 Å². The van der Waals surface area contributed by atoms with E-state index < -0.39 is 14.4 Å². The molecular weight excluding hydrogens is 408 g/mol. The summed E-state index contributed by atoms with van der Waals surface area (Å²) in [6, 6.07) is -0.323. The van der Waals surface area contributed by atoms with Crippen molar-refractivity contribution in [3.8, 4) is 0 Å². The summed E-state index contributed by atoms with van der Waals surface area (Å²) in [5.74, 6) is 0. The first-order chi connectivity index (χ1) is 11.0. The van der Waals surface area contributed by atoms with Crippen LogP contribution in [0.25, 0.3) is 5.57 Å². The van der Waals surface area contributed by atoms with Gasteiger partial charge in [-0.15, -0.1) is 11.3 Å². The Morgan fingerprint density at radius 3 is 2.71 bits per heavy atom. The molecule has 8 heteroatoms. The summed E-state index contributed by atoms with van der Waals surface area (Å²) < 4.78 is 6.33. The molecule has 2 atom stereocenters. The number of carbonyl (C=O) groups is 1. The topological polar surface area (TPSA) is 62.7 Å². The fraction of sp³-hybridized carbons (Fsp3) is 0.625. The first-order valence-electron chi connectivity index (χ1n) is 7.92. The van der Waals surface area contributed by atoms with Gasteiger partial charge in [0, 0.05) is 23.7 Å². The van der Waals surface area contributed by atoms with Crippen LogP contribution in [-0.4, -0.2) is 53.4 Å². The highest BCUT2D eigenvalue weighted by Crippen LogP contribution is 2.38. The number of amides is 1. The quantitative estimate of drug-likeness (QED) is 0.554. The standard InChI is InChI=1S/C16H25BrN2O3SSi/c1-16(2,3)24(4,5)22-10-13-12(14-18-6-7-23-14)8-11(17)9-19(13)15(20)21/h6-8,11,13H,9-10H2,1-5H3,(H,20,21)/t11?,13-/m1/s1. The SMILES string of the molecule is CC(C)(C)[Si](C)(C)OC[C@@H]1C(c2nccs2)=CC(Br)CN1C(=O)O. The molecule has 1 aliphatic heterocycles. The smallest absolute Gasteiger partial charge is 0.407 e. The fourth-order valence-electron chi connectivity index (χ4n) is 2.32. The van der Waals surface area contributed by atoms with E-state index in [1.165, 1.54) is 16.2 Å². The van der Waals surface area contributed by atoms with Gasteiger partial charge in [0.05, 0.1) is 17.5 Å². The van der Waals surface area contributed by atoms with Crippen molar-refractivity contribution in [2.24, 2.45) is 0 Å². The van der Waals surface area contributed by atoms with Gasteiger partial charge in [-0.05, 0) is 18.1 Å². The van der Waals surface area contributed by atoms with E-state index in [9.17, 15) is 9.90 Å². The lowest BCUT2D eigenvalue weighted by molar-refractivity contribution is 0.116. The van der Waals surface area contributed by atoms with E-state index in [1.807, 2.05) is 5.38 Å². The predicted molar refractivity (Wildman–Crippen MR) is 104 cm³/mol. The van der Waals surface area contributed by atoms with Gasteiger partial charge in [-0.3, -0.25) is 4.90 Å². The number of hydrogen-bond donors (Lipinski definition) is 1. The van der Waals surface area contributed by atoms with Crippen molar-refractivity contribution in [3.05, 3.63) is 22.7 Å². The summed E-state index contributed by atoms with van der Waals surface area (Å²) in [5, 5.41) is 12.5. The molecule has 0 aromatic carbocycles. The zero-order valence-electron chi connectivity index (χ0n) is 14.7. The molecule has 2 rings (SSSR count). The third-order valence-electron chi connectivity index (χ3n) is 4.80. The first-order valence-corrected chi connectivity index (χ1v) is 12.6. The highest BCUT2D eigenvalue weighted by molar-refractivity contribution is 9.09. The van der Waals surface area contributed by atoms with Gasteiger partial charge in [0.2, 0.25) is 0 Å². The van der Waals surface area contributed by atoms with Crippen LogP contribution in [0.1, 0.15) is 25.8 Å². The van der Waals surface area contributed by atoms with Gasteiger partial charge in [-0.2, -0.15) is 0 Å². The summed E-state index contributed by atoms with van der Waals surface area (Å²) in [5.41, 5.74) is 0.930. The molecule has 0 fully saturated rings. The minimum Gasteiger partial charge on any atom is -0.465 e. The van der Waals surface area contributed by atoms with Crippen molar-refractivity contribution >= 4 is 47.3 Å². The Balaban J connectivity index is 2.30. The Morgan fingerprint density at radius 1 is 1.54 bits per heavy atom. The van der Waals surface area contributed by atoms with E-state index in [4.69, 9.17) is 4.43 Å². The second-order valence-corrected chi connectivity index (χ2v) is 14.4. The molecule has 1 aromatic heterocycles. The summed E-state index contributed by atoms with van der Waals surface area (Å²) in [6.07, 6.45) is 2.89. The monoisotopic (exact) mass is 432 g/mol. The van der Waals surface area contributed by atoms with E-state index >= 15 is 0 Å². The molecule has 1 amide bonds. The van der Waals surface area contributed by atoms with Crippen molar-refractivity contribution < 1.29 is 14.3 Å². The predicted octanol–water partition coefficient (Wildman–Crippen LogP) is 4.67. The van der Waals surface area contributed by atoms with Crippen LogP contribution >= 0.6 is 27.3 Å². The molecule has 5 nitrogen and oxygen atoms in total. The number of rotatable bonds is 4. The zero-order chi connectivity index (χ0) is 18.1. The van der Waals surface area contributed by atoms with Gasteiger partial charge >= 0.3 is 6.09 Å². The lowest BCUT2D eigenvalue weighted by atomic mass is 10.0. The summed E-state index contributed by atoms with van der Waals surface area (Å²) in [6.45, 7) is 11.7. The van der Waals surface area contributed by atoms with E-state index in [-0.39, 0.29) is 15.9 Å². The maximum atomic E-state index is 11.8. The Labute approximate surface area is 157 Å². The Kier molecular flexibility index (Phi) is 5.94.